The molecule has 1 unspecified atom stereocenters. The lowest BCUT2D eigenvalue weighted by Gasteiger charge is -2.20. The van der Waals surface area contributed by atoms with Crippen molar-refractivity contribution in [2.24, 2.45) is 0 Å². The summed E-state index contributed by atoms with van der Waals surface area (Å²) >= 11 is 6.28. The van der Waals surface area contributed by atoms with Crippen LogP contribution in [-0.2, 0) is 4.79 Å². The minimum Gasteiger partial charge on any atom is -0.334 e. The third-order valence-corrected chi connectivity index (χ3v) is 4.80. The Bertz CT molecular complexity index is 968. The maximum absolute atomic E-state index is 13.9. The minimum absolute atomic E-state index is 0.0524. The summed E-state index contributed by atoms with van der Waals surface area (Å²) in [6.07, 6.45) is 0.251. The zero-order chi connectivity index (χ0) is 18.3. The zero-order valence-electron chi connectivity index (χ0n) is 13.9. The van der Waals surface area contributed by atoms with Crippen molar-refractivity contribution in [3.05, 3.63) is 64.7 Å². The van der Waals surface area contributed by atoms with Crippen molar-refractivity contribution in [1.29, 1.82) is 0 Å². The van der Waals surface area contributed by atoms with E-state index in [1.54, 1.807) is 29.2 Å². The largest absolute Gasteiger partial charge is 0.334 e. The molecule has 0 bridgehead atoms. The molecule has 5 nitrogen and oxygen atoms in total. The van der Waals surface area contributed by atoms with Crippen molar-refractivity contribution in [3.8, 4) is 11.5 Å². The van der Waals surface area contributed by atoms with Crippen LogP contribution in [0.2, 0.25) is 5.02 Å². The first-order chi connectivity index (χ1) is 12.5. The first-order valence-electron chi connectivity index (χ1n) is 8.18. The molecule has 0 N–H and O–H groups in total. The number of rotatable bonds is 3. The molecule has 26 heavy (non-hydrogen) atoms. The van der Waals surface area contributed by atoms with Crippen molar-refractivity contribution < 1.29 is 13.7 Å². The number of aryl methyl sites for hydroxylation is 1. The summed E-state index contributed by atoms with van der Waals surface area (Å²) in [6, 6.07) is 11.7. The van der Waals surface area contributed by atoms with Crippen LogP contribution in [-0.4, -0.2) is 22.6 Å². The van der Waals surface area contributed by atoms with Crippen molar-refractivity contribution >= 4 is 23.2 Å². The highest BCUT2D eigenvalue weighted by Crippen LogP contribution is 2.37. The van der Waals surface area contributed by atoms with Gasteiger partial charge in [0.2, 0.25) is 5.91 Å². The van der Waals surface area contributed by atoms with Crippen LogP contribution in [0.5, 0.6) is 0 Å². The number of nitrogens with zero attached hydrogens (tertiary/aromatic N) is 3. The van der Waals surface area contributed by atoms with Gasteiger partial charge in [-0.15, -0.1) is 0 Å². The predicted octanol–water partition coefficient (Wildman–Crippen LogP) is 4.36. The predicted molar refractivity (Wildman–Crippen MR) is 95.6 cm³/mol. The Morgan fingerprint density at radius 2 is 2.04 bits per heavy atom. The van der Waals surface area contributed by atoms with Gasteiger partial charge >= 0.3 is 0 Å². The average molecular weight is 372 g/mol. The molecular weight excluding hydrogens is 357 g/mol. The van der Waals surface area contributed by atoms with E-state index in [4.69, 9.17) is 16.1 Å². The number of aromatic nitrogens is 2. The van der Waals surface area contributed by atoms with Gasteiger partial charge in [-0.3, -0.25) is 4.79 Å². The van der Waals surface area contributed by atoms with Crippen LogP contribution >= 0.6 is 11.6 Å². The lowest BCUT2D eigenvalue weighted by atomic mass is 10.1. The summed E-state index contributed by atoms with van der Waals surface area (Å²) in [7, 11) is 0. The second kappa shape index (κ2) is 6.53. The van der Waals surface area contributed by atoms with Gasteiger partial charge in [0, 0.05) is 18.9 Å². The Morgan fingerprint density at radius 3 is 2.81 bits per heavy atom. The van der Waals surface area contributed by atoms with Crippen molar-refractivity contribution in [1.82, 2.24) is 10.1 Å². The highest BCUT2D eigenvalue weighted by atomic mass is 35.5. The van der Waals surface area contributed by atoms with Crippen molar-refractivity contribution in [2.45, 2.75) is 19.3 Å². The van der Waals surface area contributed by atoms with Crippen LogP contribution in [0.25, 0.3) is 11.5 Å². The molecule has 1 amide bonds. The van der Waals surface area contributed by atoms with E-state index < -0.39 is 5.82 Å². The quantitative estimate of drug-likeness (QED) is 0.686. The summed E-state index contributed by atoms with van der Waals surface area (Å²) in [6.45, 7) is 2.31. The van der Waals surface area contributed by atoms with Gasteiger partial charge in [-0.1, -0.05) is 41.0 Å². The highest BCUT2D eigenvalue weighted by molar-refractivity contribution is 6.34. The SMILES string of the molecule is Cc1cccc(Cl)c1N1CC(c2noc(-c3ccccc3F)n2)CC1=O. The lowest BCUT2D eigenvalue weighted by Crippen LogP contribution is -2.25. The standard InChI is InChI=1S/C19H15ClFN3O2/c1-11-5-4-7-14(20)17(11)24-10-12(9-16(24)25)18-22-19(26-23-18)13-6-2-3-8-15(13)21/h2-8,12H,9-10H2,1H3. The number of halogens is 2. The number of anilines is 1. The maximum atomic E-state index is 13.9. The van der Waals surface area contributed by atoms with E-state index in [1.807, 2.05) is 19.1 Å². The van der Waals surface area contributed by atoms with Gasteiger partial charge in [-0.2, -0.15) is 4.98 Å². The third kappa shape index (κ3) is 2.86. The summed E-state index contributed by atoms with van der Waals surface area (Å²) in [5, 5.41) is 4.49. The molecule has 0 saturated carbocycles. The molecule has 0 radical (unpaired) electrons. The van der Waals surface area contributed by atoms with Gasteiger partial charge < -0.3 is 9.42 Å². The van der Waals surface area contributed by atoms with Crippen LogP contribution in [0.15, 0.2) is 47.0 Å². The Kier molecular flexibility index (Phi) is 4.20. The first-order valence-corrected chi connectivity index (χ1v) is 8.56. The van der Waals surface area contributed by atoms with E-state index in [1.165, 1.54) is 6.07 Å². The third-order valence-electron chi connectivity index (χ3n) is 4.49. The fraction of sp³-hybridized carbons (Fsp3) is 0.211. The number of carbonyl (C=O) groups is 1. The summed E-state index contributed by atoms with van der Waals surface area (Å²) < 4.78 is 19.1. The van der Waals surface area contributed by atoms with Crippen molar-refractivity contribution in [2.75, 3.05) is 11.4 Å². The number of hydrogen-bond donors (Lipinski definition) is 0. The summed E-state index contributed by atoms with van der Waals surface area (Å²) in [5.41, 5.74) is 1.88. The van der Waals surface area contributed by atoms with Gasteiger partial charge in [0.1, 0.15) is 5.82 Å². The van der Waals surface area contributed by atoms with Crippen LogP contribution in [0.3, 0.4) is 0 Å². The number of amides is 1. The Hall–Kier alpha value is -2.73. The number of hydrogen-bond acceptors (Lipinski definition) is 4. The summed E-state index contributed by atoms with van der Waals surface area (Å²) in [5.74, 6) is -0.217. The van der Waals surface area contributed by atoms with E-state index in [0.717, 1.165) is 5.56 Å². The van der Waals surface area contributed by atoms with Gasteiger partial charge in [-0.25, -0.2) is 4.39 Å². The molecule has 0 aliphatic carbocycles. The zero-order valence-corrected chi connectivity index (χ0v) is 14.7. The molecule has 2 aromatic carbocycles. The molecule has 0 spiro atoms. The molecular formula is C19H15ClFN3O2. The van der Waals surface area contributed by atoms with E-state index in [0.29, 0.717) is 23.1 Å². The van der Waals surface area contributed by atoms with E-state index >= 15 is 0 Å². The molecule has 4 rings (SSSR count). The van der Waals surface area contributed by atoms with Crippen LogP contribution in [0.1, 0.15) is 23.7 Å². The smallest absolute Gasteiger partial charge is 0.260 e. The van der Waals surface area contributed by atoms with Gasteiger partial charge in [0.25, 0.3) is 5.89 Å². The Labute approximate surface area is 154 Å². The monoisotopic (exact) mass is 371 g/mol. The fourth-order valence-electron chi connectivity index (χ4n) is 3.21. The number of carbonyl (C=O) groups excluding carboxylic acids is 1. The molecule has 2 heterocycles. The van der Waals surface area contributed by atoms with Crippen LogP contribution in [0, 0.1) is 12.7 Å². The highest BCUT2D eigenvalue weighted by Gasteiger charge is 2.36. The van der Waals surface area contributed by atoms with Crippen LogP contribution < -0.4 is 4.90 Å². The summed E-state index contributed by atoms with van der Waals surface area (Å²) in [4.78, 5) is 18.5. The second-order valence-electron chi connectivity index (χ2n) is 6.25. The molecule has 7 heteroatoms. The molecule has 1 aliphatic rings. The minimum atomic E-state index is -0.432. The molecule has 1 saturated heterocycles. The molecule has 1 aromatic heterocycles. The van der Waals surface area contributed by atoms with Gasteiger partial charge in [0.05, 0.1) is 16.3 Å². The van der Waals surface area contributed by atoms with Gasteiger partial charge in [0.15, 0.2) is 5.82 Å². The first kappa shape index (κ1) is 16.7. The molecule has 132 valence electrons. The Balaban J connectivity index is 1.61. The molecule has 1 fully saturated rings. The topological polar surface area (TPSA) is 59.2 Å². The van der Waals surface area contributed by atoms with E-state index in [-0.39, 0.29) is 29.7 Å². The van der Waals surface area contributed by atoms with E-state index in [2.05, 4.69) is 10.1 Å². The average Bonchev–Trinajstić information content (AvgIpc) is 3.23. The molecule has 1 atom stereocenters. The van der Waals surface area contributed by atoms with Crippen molar-refractivity contribution in [3.63, 3.8) is 0 Å². The molecule has 1 aliphatic heterocycles. The number of para-hydroxylation sites is 1. The second-order valence-corrected chi connectivity index (χ2v) is 6.66. The van der Waals surface area contributed by atoms with Crippen LogP contribution in [0.4, 0.5) is 10.1 Å². The lowest BCUT2D eigenvalue weighted by molar-refractivity contribution is -0.117. The number of benzene rings is 2. The van der Waals surface area contributed by atoms with E-state index in [9.17, 15) is 9.18 Å². The van der Waals surface area contributed by atoms with Gasteiger partial charge in [-0.05, 0) is 30.7 Å². The fourth-order valence-corrected chi connectivity index (χ4v) is 3.53. The molecule has 3 aromatic rings. The Morgan fingerprint density at radius 1 is 1.23 bits per heavy atom. The normalized spacial score (nSPS) is 17.1. The maximum Gasteiger partial charge on any atom is 0.260 e.